The molecule has 0 fully saturated rings. The summed E-state index contributed by atoms with van der Waals surface area (Å²) in [6, 6.07) is 15.0. The van der Waals surface area contributed by atoms with Crippen molar-refractivity contribution in [2.45, 2.75) is 32.4 Å². The lowest BCUT2D eigenvalue weighted by Gasteiger charge is -2.21. The first-order valence-electron chi connectivity index (χ1n) is 12.0. The molecule has 3 rings (SSSR count). The van der Waals surface area contributed by atoms with Crippen molar-refractivity contribution in [2.24, 2.45) is 0 Å². The summed E-state index contributed by atoms with van der Waals surface area (Å²) in [4.78, 5) is 38.4. The van der Waals surface area contributed by atoms with Gasteiger partial charge < -0.3 is 25.4 Å². The highest BCUT2D eigenvalue weighted by atomic mass is 35.5. The van der Waals surface area contributed by atoms with E-state index < -0.39 is 30.4 Å². The fourth-order valence-corrected chi connectivity index (χ4v) is 3.57. The Balaban J connectivity index is 1.81. The van der Waals surface area contributed by atoms with Gasteiger partial charge in [0, 0.05) is 25.0 Å². The van der Waals surface area contributed by atoms with E-state index in [0.717, 1.165) is 0 Å². The maximum atomic E-state index is 13.1. The molecule has 3 aromatic carbocycles. The molecule has 0 aliphatic heterocycles. The van der Waals surface area contributed by atoms with Crippen molar-refractivity contribution in [3.8, 4) is 5.75 Å². The minimum absolute atomic E-state index is 0.0846. The molecule has 0 spiro atoms. The zero-order valence-corrected chi connectivity index (χ0v) is 22.8. The highest BCUT2D eigenvalue weighted by molar-refractivity contribution is 6.34. The topological polar surface area (TPSA) is 106 Å². The molecule has 0 saturated heterocycles. The summed E-state index contributed by atoms with van der Waals surface area (Å²) in [6.45, 7) is 2.44. The largest absolute Gasteiger partial charge is 0.487 e. The molecular weight excluding hydrogens is 543 g/mol. The van der Waals surface area contributed by atoms with Crippen LogP contribution in [0.15, 0.2) is 60.7 Å². The van der Waals surface area contributed by atoms with Crippen LogP contribution < -0.4 is 26.2 Å². The quantitative estimate of drug-likeness (QED) is 0.298. The molecule has 12 heteroatoms. The van der Waals surface area contributed by atoms with Crippen LogP contribution in [-0.2, 0) is 16.1 Å². The first kappa shape index (κ1) is 30.6. The van der Waals surface area contributed by atoms with Crippen LogP contribution in [0.1, 0.15) is 40.1 Å². The van der Waals surface area contributed by atoms with Crippen molar-refractivity contribution in [1.29, 1.82) is 0 Å². The second kappa shape index (κ2) is 13.4. The molecule has 0 aliphatic rings. The van der Waals surface area contributed by atoms with Crippen LogP contribution in [0.4, 0.5) is 20.2 Å². The van der Waals surface area contributed by atoms with Crippen molar-refractivity contribution in [1.82, 2.24) is 5.32 Å². The highest BCUT2D eigenvalue weighted by Crippen LogP contribution is 2.26. The summed E-state index contributed by atoms with van der Waals surface area (Å²) in [5.41, 5.74) is 0.701. The summed E-state index contributed by atoms with van der Waals surface area (Å²) in [5, 5.41) is 8.19. The minimum Gasteiger partial charge on any atom is -0.487 e. The van der Waals surface area contributed by atoms with E-state index in [9.17, 15) is 23.2 Å². The smallest absolute Gasteiger partial charge is 0.272 e. The number of methoxy groups -OCH3 is 1. The normalized spacial score (nSPS) is 11.2. The third-order valence-corrected chi connectivity index (χ3v) is 6.13. The lowest BCUT2D eigenvalue weighted by Crippen LogP contribution is -2.43. The molecule has 3 N–H and O–H groups in total. The van der Waals surface area contributed by atoms with Gasteiger partial charge in [0.15, 0.2) is 0 Å². The van der Waals surface area contributed by atoms with E-state index in [-0.39, 0.29) is 40.0 Å². The lowest BCUT2D eigenvalue weighted by atomic mass is 9.96. The molecule has 0 bridgehead atoms. The minimum atomic E-state index is -2.76. The van der Waals surface area contributed by atoms with Gasteiger partial charge in [-0.15, -0.1) is 0 Å². The number of anilines is 2. The lowest BCUT2D eigenvalue weighted by molar-refractivity contribution is -0.139. The van der Waals surface area contributed by atoms with Crippen LogP contribution in [0.5, 0.6) is 5.75 Å². The number of hydrogen-bond donors (Lipinski definition) is 3. The SMILES string of the molecule is [B]c1ccc(NC(=O)c2cc(NC(=O)c3cc(CNC(=O)C(C)(C)OC)ccc3Cl)ccc2OCC(F)F)cc1. The monoisotopic (exact) mass is 569 g/mol. The van der Waals surface area contributed by atoms with Crippen LogP contribution in [0.2, 0.25) is 5.02 Å². The molecule has 0 aromatic heterocycles. The van der Waals surface area contributed by atoms with Crippen LogP contribution in [0, 0.1) is 0 Å². The molecule has 3 amide bonds. The summed E-state index contributed by atoms with van der Waals surface area (Å²) in [6.07, 6.45) is -2.76. The number of alkyl halides is 2. The molecule has 0 aliphatic carbocycles. The molecule has 208 valence electrons. The number of amides is 3. The van der Waals surface area contributed by atoms with Crippen LogP contribution in [-0.4, -0.2) is 51.3 Å². The number of carbonyl (C=O) groups is 3. The Morgan fingerprint density at radius 1 is 0.925 bits per heavy atom. The van der Waals surface area contributed by atoms with E-state index in [2.05, 4.69) is 16.0 Å². The van der Waals surface area contributed by atoms with Gasteiger partial charge in [-0.25, -0.2) is 8.78 Å². The molecule has 3 aromatic rings. The van der Waals surface area contributed by atoms with Gasteiger partial charge in [-0.3, -0.25) is 14.4 Å². The maximum Gasteiger partial charge on any atom is 0.272 e. The van der Waals surface area contributed by atoms with Crippen molar-refractivity contribution >= 4 is 54.0 Å². The Morgan fingerprint density at radius 3 is 2.20 bits per heavy atom. The Hall–Kier alpha value is -3.96. The van der Waals surface area contributed by atoms with Gasteiger partial charge in [0.2, 0.25) is 0 Å². The van der Waals surface area contributed by atoms with E-state index in [4.69, 9.17) is 28.9 Å². The van der Waals surface area contributed by atoms with Crippen molar-refractivity contribution < 1.29 is 32.6 Å². The Bertz CT molecular complexity index is 1390. The van der Waals surface area contributed by atoms with E-state index in [0.29, 0.717) is 16.7 Å². The zero-order chi connectivity index (χ0) is 29.4. The van der Waals surface area contributed by atoms with Crippen LogP contribution in [0.25, 0.3) is 0 Å². The van der Waals surface area contributed by atoms with Crippen molar-refractivity contribution in [3.63, 3.8) is 0 Å². The molecular formula is C28H27BClF2N3O5. The van der Waals surface area contributed by atoms with Gasteiger partial charge in [0.1, 0.15) is 25.8 Å². The van der Waals surface area contributed by atoms with Crippen LogP contribution >= 0.6 is 11.6 Å². The number of rotatable bonds is 11. The number of nitrogens with one attached hydrogen (secondary N) is 3. The molecule has 0 unspecified atom stereocenters. The average Bonchev–Trinajstić information content (AvgIpc) is 2.92. The summed E-state index contributed by atoms with van der Waals surface area (Å²) in [5.74, 6) is -1.68. The molecule has 0 saturated carbocycles. The number of benzene rings is 3. The van der Waals surface area contributed by atoms with Gasteiger partial charge in [-0.05, 0) is 61.9 Å². The Morgan fingerprint density at radius 2 is 1.55 bits per heavy atom. The molecule has 8 nitrogen and oxygen atoms in total. The average molecular weight is 570 g/mol. The second-order valence-corrected chi connectivity index (χ2v) is 9.56. The standard InChI is InChI=1S/C28H27BClF2N3O5/c1-28(2,39-3)27(38)33-14-16-4-10-22(30)20(12-16)25(36)35-19-9-11-23(40-15-24(31)32)21(13-19)26(37)34-18-7-5-17(29)6-8-18/h4-13,24H,14-15H2,1-3H3,(H,33,38)(H,34,37)(H,35,36). The van der Waals surface area contributed by atoms with E-state index in [1.165, 1.54) is 37.4 Å². The van der Waals surface area contributed by atoms with Gasteiger partial charge in [-0.1, -0.05) is 35.3 Å². The van der Waals surface area contributed by atoms with Crippen molar-refractivity contribution in [2.75, 3.05) is 24.4 Å². The zero-order valence-electron chi connectivity index (χ0n) is 22.0. The van der Waals surface area contributed by atoms with Gasteiger partial charge >= 0.3 is 0 Å². The highest BCUT2D eigenvalue weighted by Gasteiger charge is 2.26. The Labute approximate surface area is 236 Å². The number of halogens is 3. The molecule has 40 heavy (non-hydrogen) atoms. The summed E-state index contributed by atoms with van der Waals surface area (Å²) in [7, 11) is 7.10. The first-order chi connectivity index (χ1) is 18.9. The predicted octanol–water partition coefficient (Wildman–Crippen LogP) is 4.32. The van der Waals surface area contributed by atoms with Crippen LogP contribution in [0.3, 0.4) is 0 Å². The van der Waals surface area contributed by atoms with E-state index in [1.807, 2.05) is 0 Å². The third-order valence-electron chi connectivity index (χ3n) is 5.80. The van der Waals surface area contributed by atoms with E-state index >= 15 is 0 Å². The fourth-order valence-electron chi connectivity index (χ4n) is 3.37. The molecule has 0 heterocycles. The molecule has 2 radical (unpaired) electrons. The second-order valence-electron chi connectivity index (χ2n) is 9.15. The van der Waals surface area contributed by atoms with Gasteiger partial charge in [0.05, 0.1) is 16.1 Å². The number of carbonyl (C=O) groups excluding carboxylic acids is 3. The fraction of sp³-hybridized carbons (Fsp3) is 0.250. The number of ether oxygens (including phenoxy) is 2. The van der Waals surface area contributed by atoms with Crippen molar-refractivity contribution in [3.05, 3.63) is 82.4 Å². The maximum absolute atomic E-state index is 13.1. The predicted molar refractivity (Wildman–Crippen MR) is 150 cm³/mol. The molecule has 0 atom stereocenters. The van der Waals surface area contributed by atoms with Gasteiger partial charge in [0.25, 0.3) is 24.1 Å². The Kier molecular flexibility index (Phi) is 10.3. The van der Waals surface area contributed by atoms with E-state index in [1.54, 1.807) is 44.2 Å². The third kappa shape index (κ3) is 8.27. The first-order valence-corrected chi connectivity index (χ1v) is 12.4. The van der Waals surface area contributed by atoms with Gasteiger partial charge in [-0.2, -0.15) is 0 Å². The number of hydrogen-bond acceptors (Lipinski definition) is 5. The summed E-state index contributed by atoms with van der Waals surface area (Å²) < 4.78 is 35.9. The summed E-state index contributed by atoms with van der Waals surface area (Å²) >= 11 is 6.26.